The Kier molecular flexibility index (Phi) is 4.93. The van der Waals surface area contributed by atoms with Crippen molar-refractivity contribution in [3.63, 3.8) is 0 Å². The van der Waals surface area contributed by atoms with Gasteiger partial charge in [0.2, 0.25) is 0 Å². The standard InChI is InChI=1S/C11H12BrClN2/c1-3-5-9(4-2)15-11-10(13)6-8(12)7-14-11/h2,6-7,9H,3,5H2,1H3,(H,14,15). The van der Waals surface area contributed by atoms with Gasteiger partial charge in [0.25, 0.3) is 0 Å². The summed E-state index contributed by atoms with van der Waals surface area (Å²) in [5.74, 6) is 3.31. The zero-order valence-corrected chi connectivity index (χ0v) is 10.8. The van der Waals surface area contributed by atoms with Gasteiger partial charge in [-0.15, -0.1) is 6.42 Å². The van der Waals surface area contributed by atoms with Crippen LogP contribution in [0, 0.1) is 12.3 Å². The molecule has 0 saturated heterocycles. The smallest absolute Gasteiger partial charge is 0.145 e. The molecule has 0 spiro atoms. The maximum Gasteiger partial charge on any atom is 0.145 e. The number of halogens is 2. The molecule has 0 radical (unpaired) electrons. The second-order valence-electron chi connectivity index (χ2n) is 3.14. The highest BCUT2D eigenvalue weighted by Gasteiger charge is 2.07. The highest BCUT2D eigenvalue weighted by atomic mass is 79.9. The number of terminal acetylenes is 1. The largest absolute Gasteiger partial charge is 0.355 e. The molecule has 0 aliphatic carbocycles. The first kappa shape index (κ1) is 12.4. The maximum absolute atomic E-state index is 6.01. The van der Waals surface area contributed by atoms with Gasteiger partial charge in [-0.25, -0.2) is 4.98 Å². The van der Waals surface area contributed by atoms with Gasteiger partial charge in [-0.05, 0) is 28.4 Å². The zero-order valence-electron chi connectivity index (χ0n) is 8.43. The molecule has 80 valence electrons. The van der Waals surface area contributed by atoms with Crippen molar-refractivity contribution >= 4 is 33.3 Å². The minimum atomic E-state index is -0.0128. The van der Waals surface area contributed by atoms with E-state index in [1.165, 1.54) is 0 Å². The van der Waals surface area contributed by atoms with E-state index in [0.717, 1.165) is 17.3 Å². The molecular formula is C11H12BrClN2. The Morgan fingerprint density at radius 3 is 3.00 bits per heavy atom. The van der Waals surface area contributed by atoms with E-state index in [4.69, 9.17) is 18.0 Å². The second kappa shape index (κ2) is 5.99. The predicted octanol–water partition coefficient (Wildman–Crippen LogP) is 3.71. The average Bonchev–Trinajstić information content (AvgIpc) is 2.21. The molecular weight excluding hydrogens is 275 g/mol. The topological polar surface area (TPSA) is 24.9 Å². The van der Waals surface area contributed by atoms with E-state index in [9.17, 15) is 0 Å². The summed E-state index contributed by atoms with van der Waals surface area (Å²) in [5, 5.41) is 3.70. The summed E-state index contributed by atoms with van der Waals surface area (Å²) in [6.07, 6.45) is 9.01. The monoisotopic (exact) mass is 286 g/mol. The molecule has 0 bridgehead atoms. The highest BCUT2D eigenvalue weighted by molar-refractivity contribution is 9.10. The Hall–Kier alpha value is -0.720. The third kappa shape index (κ3) is 3.73. The van der Waals surface area contributed by atoms with Crippen LogP contribution >= 0.6 is 27.5 Å². The van der Waals surface area contributed by atoms with E-state index in [1.54, 1.807) is 12.3 Å². The molecule has 2 nitrogen and oxygen atoms in total. The van der Waals surface area contributed by atoms with Gasteiger partial charge in [0.15, 0.2) is 0 Å². The second-order valence-corrected chi connectivity index (χ2v) is 4.46. The molecule has 1 N–H and O–H groups in total. The number of nitrogens with zero attached hydrogens (tertiary/aromatic N) is 1. The van der Waals surface area contributed by atoms with E-state index in [2.05, 4.69) is 39.1 Å². The zero-order chi connectivity index (χ0) is 11.3. The minimum Gasteiger partial charge on any atom is -0.355 e. The Morgan fingerprint density at radius 1 is 1.73 bits per heavy atom. The Labute approximate surface area is 104 Å². The molecule has 15 heavy (non-hydrogen) atoms. The molecule has 1 aromatic heterocycles. The summed E-state index contributed by atoms with van der Waals surface area (Å²) in [5.41, 5.74) is 0. The van der Waals surface area contributed by atoms with Crippen molar-refractivity contribution in [3.8, 4) is 12.3 Å². The van der Waals surface area contributed by atoms with E-state index in [-0.39, 0.29) is 6.04 Å². The van der Waals surface area contributed by atoms with Gasteiger partial charge in [0.1, 0.15) is 5.82 Å². The molecule has 1 aromatic rings. The number of rotatable bonds is 4. The number of hydrogen-bond donors (Lipinski definition) is 1. The first-order chi connectivity index (χ1) is 7.17. The summed E-state index contributed by atoms with van der Waals surface area (Å²) in [6.45, 7) is 2.09. The van der Waals surface area contributed by atoms with Gasteiger partial charge < -0.3 is 5.32 Å². The lowest BCUT2D eigenvalue weighted by Crippen LogP contribution is -2.17. The van der Waals surface area contributed by atoms with E-state index in [0.29, 0.717) is 10.8 Å². The van der Waals surface area contributed by atoms with Crippen molar-refractivity contribution in [2.75, 3.05) is 5.32 Å². The van der Waals surface area contributed by atoms with Gasteiger partial charge in [0.05, 0.1) is 11.1 Å². The first-order valence-corrected chi connectivity index (χ1v) is 5.88. The van der Waals surface area contributed by atoms with Crippen LogP contribution in [0.3, 0.4) is 0 Å². The van der Waals surface area contributed by atoms with Gasteiger partial charge >= 0.3 is 0 Å². The Balaban J connectivity index is 2.76. The lowest BCUT2D eigenvalue weighted by molar-refractivity contribution is 0.752. The summed E-state index contributed by atoms with van der Waals surface area (Å²) < 4.78 is 0.853. The summed E-state index contributed by atoms with van der Waals surface area (Å²) in [6, 6.07) is 1.78. The van der Waals surface area contributed by atoms with Crippen LogP contribution in [0.2, 0.25) is 5.02 Å². The van der Waals surface area contributed by atoms with Crippen LogP contribution in [0.5, 0.6) is 0 Å². The third-order valence-corrected chi connectivity index (χ3v) is 2.62. The predicted molar refractivity (Wildman–Crippen MR) is 68.1 cm³/mol. The van der Waals surface area contributed by atoms with Crippen LogP contribution in [-0.2, 0) is 0 Å². The van der Waals surface area contributed by atoms with Gasteiger partial charge in [-0.1, -0.05) is 30.9 Å². The van der Waals surface area contributed by atoms with Crippen molar-refractivity contribution in [3.05, 3.63) is 21.8 Å². The number of pyridine rings is 1. The fourth-order valence-electron chi connectivity index (χ4n) is 1.17. The van der Waals surface area contributed by atoms with Crippen molar-refractivity contribution < 1.29 is 0 Å². The summed E-state index contributed by atoms with van der Waals surface area (Å²) in [4.78, 5) is 4.16. The van der Waals surface area contributed by atoms with Gasteiger partial charge in [0, 0.05) is 10.7 Å². The molecule has 0 amide bonds. The fraction of sp³-hybridized carbons (Fsp3) is 0.364. The van der Waals surface area contributed by atoms with Crippen LogP contribution < -0.4 is 5.32 Å². The van der Waals surface area contributed by atoms with Crippen LogP contribution in [0.1, 0.15) is 19.8 Å². The average molecular weight is 288 g/mol. The molecule has 1 unspecified atom stereocenters. The van der Waals surface area contributed by atoms with Crippen molar-refractivity contribution in [2.45, 2.75) is 25.8 Å². The number of anilines is 1. The van der Waals surface area contributed by atoms with Crippen LogP contribution in [-0.4, -0.2) is 11.0 Å². The lowest BCUT2D eigenvalue weighted by atomic mass is 10.2. The SMILES string of the molecule is C#CC(CCC)Nc1ncc(Br)cc1Cl. The van der Waals surface area contributed by atoms with E-state index >= 15 is 0 Å². The van der Waals surface area contributed by atoms with Crippen molar-refractivity contribution in [2.24, 2.45) is 0 Å². The molecule has 4 heteroatoms. The molecule has 1 rings (SSSR count). The highest BCUT2D eigenvalue weighted by Crippen LogP contribution is 2.23. The van der Waals surface area contributed by atoms with E-state index < -0.39 is 0 Å². The normalized spacial score (nSPS) is 11.9. The minimum absolute atomic E-state index is 0.0128. The fourth-order valence-corrected chi connectivity index (χ4v) is 1.86. The molecule has 0 aliphatic rings. The van der Waals surface area contributed by atoms with Gasteiger partial charge in [-0.2, -0.15) is 0 Å². The van der Waals surface area contributed by atoms with Crippen LogP contribution in [0.25, 0.3) is 0 Å². The van der Waals surface area contributed by atoms with Crippen LogP contribution in [0.4, 0.5) is 5.82 Å². The Bertz CT molecular complexity index is 373. The van der Waals surface area contributed by atoms with Crippen molar-refractivity contribution in [1.29, 1.82) is 0 Å². The Morgan fingerprint density at radius 2 is 2.47 bits per heavy atom. The summed E-state index contributed by atoms with van der Waals surface area (Å²) >= 11 is 9.30. The van der Waals surface area contributed by atoms with E-state index in [1.807, 2.05) is 0 Å². The quantitative estimate of drug-likeness (QED) is 0.854. The molecule has 0 aliphatic heterocycles. The van der Waals surface area contributed by atoms with Gasteiger partial charge in [-0.3, -0.25) is 0 Å². The number of aromatic nitrogens is 1. The van der Waals surface area contributed by atoms with Crippen molar-refractivity contribution in [1.82, 2.24) is 4.98 Å². The lowest BCUT2D eigenvalue weighted by Gasteiger charge is -2.13. The molecule has 1 atom stereocenters. The first-order valence-electron chi connectivity index (χ1n) is 4.71. The number of hydrogen-bond acceptors (Lipinski definition) is 2. The molecule has 1 heterocycles. The summed E-state index contributed by atoms with van der Waals surface area (Å²) in [7, 11) is 0. The molecule has 0 fully saturated rings. The molecule has 0 saturated carbocycles. The number of nitrogens with one attached hydrogen (secondary N) is 1. The molecule has 0 aromatic carbocycles. The van der Waals surface area contributed by atoms with Crippen LogP contribution in [0.15, 0.2) is 16.7 Å². The maximum atomic E-state index is 6.01. The third-order valence-electron chi connectivity index (χ3n) is 1.90.